The van der Waals surface area contributed by atoms with Crippen LogP contribution in [0.15, 0.2) is 152 Å². The molecule has 3 radical (unpaired) electrons. The molecule has 0 saturated carbocycles. The number of hydrogen-bond donors (Lipinski definition) is 5. The summed E-state index contributed by atoms with van der Waals surface area (Å²) >= 11 is 0. The molecule has 42 heteroatoms. The maximum Gasteiger partial charge on any atom is 0.416 e. The van der Waals surface area contributed by atoms with E-state index in [-0.39, 0.29) is 58.9 Å². The van der Waals surface area contributed by atoms with Crippen LogP contribution in [-0.2, 0) is 75.0 Å². The van der Waals surface area contributed by atoms with Crippen molar-refractivity contribution in [2.24, 2.45) is 0 Å². The number of halogens is 18. The molecule has 10 rings (SSSR count). The number of aliphatic hydroxyl groups excluding tert-OH is 1. The normalized spacial score (nSPS) is 18.4. The van der Waals surface area contributed by atoms with E-state index in [2.05, 4.69) is 77.7 Å². The van der Waals surface area contributed by atoms with Crippen LogP contribution < -0.4 is 5.32 Å². The Bertz CT molecular complexity index is 3960. The molecule has 8 atom stereocenters. The van der Waals surface area contributed by atoms with Gasteiger partial charge in [-0.15, -0.1) is 0 Å². The Morgan fingerprint density at radius 1 is 0.472 bits per heavy atom. The van der Waals surface area contributed by atoms with E-state index in [1.54, 1.807) is 27.9 Å². The predicted octanol–water partition coefficient (Wildman–Crippen LogP) is 16.3. The van der Waals surface area contributed by atoms with E-state index < -0.39 is 107 Å². The molecule has 125 heavy (non-hydrogen) atoms. The number of alkyl halides is 18. The maximum atomic E-state index is 12.7. The lowest BCUT2D eigenvalue weighted by Crippen LogP contribution is -2.57. The van der Waals surface area contributed by atoms with Crippen molar-refractivity contribution < 1.29 is 135 Å². The molecule has 19 nitrogen and oxygen atoms in total. The topological polar surface area (TPSA) is 205 Å². The molecule has 0 aromatic heterocycles. The molecular weight excluding hydrogens is 1700 g/mol. The molecule has 6 aromatic rings. The average Bonchev–Trinajstić information content (AvgIpc) is 0.979. The van der Waals surface area contributed by atoms with E-state index >= 15 is 0 Å². The van der Waals surface area contributed by atoms with Gasteiger partial charge in [-0.2, -0.15) is 87.4 Å². The number of hydrogen-bond acceptors (Lipinski definition) is 19. The van der Waals surface area contributed by atoms with Crippen LogP contribution in [0.1, 0.15) is 139 Å². The van der Waals surface area contributed by atoms with Gasteiger partial charge in [0.1, 0.15) is 18.3 Å². The van der Waals surface area contributed by atoms with E-state index in [4.69, 9.17) is 23.1 Å². The van der Waals surface area contributed by atoms with Crippen molar-refractivity contribution in [2.75, 3.05) is 146 Å². The Morgan fingerprint density at radius 2 is 0.768 bits per heavy atom. The molecule has 0 aliphatic carbocycles. The Morgan fingerprint density at radius 3 is 1.02 bits per heavy atom. The van der Waals surface area contributed by atoms with Gasteiger partial charge in [-0.3, -0.25) is 14.0 Å². The lowest BCUT2D eigenvalue weighted by molar-refractivity contribution is -0.138. The molecule has 0 amide bonds. The van der Waals surface area contributed by atoms with Gasteiger partial charge < -0.3 is 68.5 Å². The number of nitrogens with one attached hydrogen (secondary N) is 1. The van der Waals surface area contributed by atoms with Crippen LogP contribution in [0.25, 0.3) is 6.08 Å². The van der Waals surface area contributed by atoms with E-state index in [0.717, 1.165) is 141 Å². The minimum Gasteiger partial charge on any atom is -0.437 e. The van der Waals surface area contributed by atoms with Crippen LogP contribution in [-0.4, -0.2) is 252 Å². The van der Waals surface area contributed by atoms with Gasteiger partial charge >= 0.3 is 58.2 Å². The molecule has 6 aromatic carbocycles. The van der Waals surface area contributed by atoms with Crippen LogP contribution in [0.4, 0.5) is 79.0 Å². The van der Waals surface area contributed by atoms with Gasteiger partial charge in [0.2, 0.25) is 0 Å². The standard InChI is InChI=1S/2C16H24BF3N2O2.C11H13F3O4S.C10H11F3O2.C9H7F3O.C9H7F3.C6H15BN2O.C6H15N.B/c2*1-12-10-21(17(2)23)8-9-22(12)15(11-24-3)13-4-6-14(7-5-13)16(18,19)20;1-17-7-10(18-19(2,15)16)8-3-5-9(6-4-8)11(12,13)14;1-15-6-9(14)7-2-4-8(5-3-7)10(11,12)13;10-9(11,12)7-3-1-6(2-4-7)8-5-13-8;1-2-7-3-5-8(6-4-7)9(10,11)12;1-6-5-9(7(2)10)4-3-8-6;1-4-7(5-2)6-3;/h2*4-7,12,15,23H,8-11H2,1-3H3;3-6,10H,7H2,1-2H3;2-5,9,14H,6H2,1H3;1-4,8H,5H2;2-6H,1H2;6,8,10H,3-5H2,1-2H3;4-6H2,1-3H3;/t12-,15+;12-,15-;;;;;6-;;/m00....0../s1. The fourth-order valence-corrected chi connectivity index (χ4v) is 13.5. The minimum atomic E-state index is -4.44. The molecular formula is C83H116B4F18N7O12S. The number of aliphatic hydroxyl groups is 1. The average molecular weight is 1820 g/mol. The summed E-state index contributed by atoms with van der Waals surface area (Å²) in [7, 11) is 0.909. The molecule has 4 saturated heterocycles. The number of nitrogens with zero attached hydrogens (tertiary/aromatic N) is 6. The van der Waals surface area contributed by atoms with Crippen LogP contribution in [0.5, 0.6) is 0 Å². The third-order valence-corrected chi connectivity index (χ3v) is 20.6. The molecule has 0 bridgehead atoms. The largest absolute Gasteiger partial charge is 0.437 e. The number of rotatable bonds is 24. The molecule has 5 N–H and O–H groups in total. The summed E-state index contributed by atoms with van der Waals surface area (Å²) in [5.41, 5.74) is -0.262. The molecule has 4 aliphatic heterocycles. The first-order chi connectivity index (χ1) is 57.7. The first kappa shape index (κ1) is 114. The van der Waals surface area contributed by atoms with Gasteiger partial charge in [-0.1, -0.05) is 106 Å². The third kappa shape index (κ3) is 41.8. The smallest absolute Gasteiger partial charge is 0.416 e. The maximum absolute atomic E-state index is 12.7. The monoisotopic (exact) mass is 1820 g/mol. The minimum absolute atomic E-state index is 0. The molecule has 0 spiro atoms. The van der Waals surface area contributed by atoms with Gasteiger partial charge in [0.15, 0.2) is 0 Å². The lowest BCUT2D eigenvalue weighted by Gasteiger charge is -2.44. The highest BCUT2D eigenvalue weighted by Gasteiger charge is 2.39. The first-order valence-corrected chi connectivity index (χ1v) is 41.6. The van der Waals surface area contributed by atoms with Crippen LogP contribution in [0, 0.1) is 0 Å². The number of epoxide rings is 1. The highest BCUT2D eigenvalue weighted by Crippen LogP contribution is 2.38. The highest BCUT2D eigenvalue weighted by molar-refractivity contribution is 7.86. The zero-order valence-electron chi connectivity index (χ0n) is 72.5. The third-order valence-electron chi connectivity index (χ3n) is 20.0. The van der Waals surface area contributed by atoms with E-state index in [0.29, 0.717) is 68.7 Å². The lowest BCUT2D eigenvalue weighted by atomic mass is 9.83. The van der Waals surface area contributed by atoms with Gasteiger partial charge in [0.05, 0.1) is 84.8 Å². The quantitative estimate of drug-likeness (QED) is 0.0165. The van der Waals surface area contributed by atoms with Crippen molar-refractivity contribution >= 4 is 45.8 Å². The number of methoxy groups -OCH3 is 4. The van der Waals surface area contributed by atoms with Crippen molar-refractivity contribution in [3.8, 4) is 0 Å². The van der Waals surface area contributed by atoms with Crippen LogP contribution >= 0.6 is 0 Å². The second-order valence-corrected chi connectivity index (χ2v) is 31.0. The predicted molar refractivity (Wildman–Crippen MR) is 449 cm³/mol. The summed E-state index contributed by atoms with van der Waals surface area (Å²) in [6.07, 6.45) is -25.4. The first-order valence-electron chi connectivity index (χ1n) is 39.7. The van der Waals surface area contributed by atoms with Crippen molar-refractivity contribution in [1.82, 2.24) is 34.4 Å². The Kier molecular flexibility index (Phi) is 49.5. The Balaban J connectivity index is 0.000000495. The zero-order valence-corrected chi connectivity index (χ0v) is 73.4. The molecule has 3 unspecified atom stereocenters. The van der Waals surface area contributed by atoms with E-state index in [9.17, 15) is 108 Å². The summed E-state index contributed by atoms with van der Waals surface area (Å²) in [5, 5.41) is 41.4. The second kappa shape index (κ2) is 54.1. The van der Waals surface area contributed by atoms with Gasteiger partial charge in [0, 0.05) is 114 Å². The van der Waals surface area contributed by atoms with Crippen molar-refractivity contribution in [2.45, 2.75) is 148 Å². The van der Waals surface area contributed by atoms with Crippen molar-refractivity contribution in [3.05, 3.63) is 219 Å². The number of piperazine rings is 3. The zero-order chi connectivity index (χ0) is 93.9. The highest BCUT2D eigenvalue weighted by atomic mass is 32.2. The summed E-state index contributed by atoms with van der Waals surface area (Å²) < 4.78 is 274. The summed E-state index contributed by atoms with van der Waals surface area (Å²) in [6, 6.07) is 29.6. The van der Waals surface area contributed by atoms with Crippen molar-refractivity contribution in [1.29, 1.82) is 0 Å². The summed E-state index contributed by atoms with van der Waals surface area (Å²) in [5.74, 6) is 0. The van der Waals surface area contributed by atoms with Gasteiger partial charge in [-0.25, -0.2) is 0 Å². The fraction of sp³-hybridized carbons (Fsp3) is 0.542. The van der Waals surface area contributed by atoms with E-state index in [1.807, 2.05) is 16.4 Å². The molecule has 4 aliphatic rings. The Hall–Kier alpha value is -6.67. The second-order valence-electron chi connectivity index (χ2n) is 29.4. The fourth-order valence-electron chi connectivity index (χ4n) is 13.0. The molecule has 699 valence electrons. The summed E-state index contributed by atoms with van der Waals surface area (Å²) in [4.78, 5) is 12.9. The van der Waals surface area contributed by atoms with Gasteiger partial charge in [-0.05, 0) is 167 Å². The summed E-state index contributed by atoms with van der Waals surface area (Å²) in [6.45, 7) is 33.7. The van der Waals surface area contributed by atoms with Crippen molar-refractivity contribution in [3.63, 3.8) is 0 Å². The number of ether oxygens (including phenoxy) is 5. The molecule has 4 heterocycles. The molecule has 4 fully saturated rings. The van der Waals surface area contributed by atoms with Crippen LogP contribution in [0.3, 0.4) is 0 Å². The van der Waals surface area contributed by atoms with Gasteiger partial charge in [0.25, 0.3) is 10.1 Å². The Labute approximate surface area is 725 Å². The van der Waals surface area contributed by atoms with E-state index in [1.165, 1.54) is 101 Å². The van der Waals surface area contributed by atoms with Crippen LogP contribution in [0.2, 0.25) is 20.5 Å². The SMILES string of the molecule is C=Cc1ccc(C(F)(F)F)cc1.CB(O)N1CCN[C@@H](C)C1.CCN(CC)CC.COCC(O)c1ccc(C(F)(F)F)cc1.COCC(OS(C)(=O)=O)c1ccc(C(F)(F)F)cc1.COC[C@@H](c1ccc(C(F)(F)F)cc1)N1CCN(B(C)O)C[C@@H]1C.COC[C@H](c1ccc(C(F)(F)F)cc1)N1CCN(B(C)O)C[C@@H]1C.FC(F)(F)c1ccc(C2CO2)cc1.[B]. The number of benzene rings is 6.